The van der Waals surface area contributed by atoms with E-state index in [0.717, 1.165) is 18.4 Å². The van der Waals surface area contributed by atoms with Crippen LogP contribution in [0, 0.1) is 0 Å². The molecule has 0 aliphatic rings. The van der Waals surface area contributed by atoms with Gasteiger partial charge in [0.25, 0.3) is 5.91 Å². The van der Waals surface area contributed by atoms with Crippen LogP contribution in [-0.4, -0.2) is 11.8 Å². The van der Waals surface area contributed by atoms with Crippen LogP contribution in [0.3, 0.4) is 0 Å². The van der Waals surface area contributed by atoms with Gasteiger partial charge in [-0.15, -0.1) is 11.3 Å². The summed E-state index contributed by atoms with van der Waals surface area (Å²) in [5.74, 6) is -0.215. The van der Waals surface area contributed by atoms with E-state index in [1.165, 1.54) is 11.3 Å². The summed E-state index contributed by atoms with van der Waals surface area (Å²) in [6.07, 6.45) is 2.31. The maximum absolute atomic E-state index is 12.5. The number of amides is 2. The van der Waals surface area contributed by atoms with Gasteiger partial charge in [-0.05, 0) is 30.4 Å². The number of hydrogen-bond acceptors (Lipinski definition) is 3. The van der Waals surface area contributed by atoms with Crippen LogP contribution in [0.2, 0.25) is 0 Å². The zero-order valence-corrected chi connectivity index (χ0v) is 14.3. The smallest absolute Gasteiger partial charge is 0.254 e. The molecule has 122 valence electrons. The SMILES string of the molecule is CCCCC(=O)Nc1sccc1C(=O)N[C@H](C)c1ccccc1. The Kier molecular flexibility index (Phi) is 6.35. The number of rotatable bonds is 7. The van der Waals surface area contributed by atoms with Gasteiger partial charge < -0.3 is 10.6 Å². The monoisotopic (exact) mass is 330 g/mol. The maximum atomic E-state index is 12.5. The molecular weight excluding hydrogens is 308 g/mol. The molecule has 1 aromatic heterocycles. The minimum atomic E-state index is -0.173. The van der Waals surface area contributed by atoms with Crippen LogP contribution in [0.5, 0.6) is 0 Å². The van der Waals surface area contributed by atoms with E-state index < -0.39 is 0 Å². The maximum Gasteiger partial charge on any atom is 0.254 e. The second-order valence-corrected chi connectivity index (χ2v) is 6.34. The predicted octanol–water partition coefficient (Wildman–Crippen LogP) is 4.37. The lowest BCUT2D eigenvalue weighted by Gasteiger charge is -2.14. The minimum absolute atomic E-state index is 0.0422. The molecule has 0 saturated carbocycles. The van der Waals surface area contributed by atoms with Gasteiger partial charge in [0.2, 0.25) is 5.91 Å². The molecule has 0 fully saturated rings. The summed E-state index contributed by atoms with van der Waals surface area (Å²) in [7, 11) is 0. The van der Waals surface area contributed by atoms with E-state index >= 15 is 0 Å². The summed E-state index contributed by atoms with van der Waals surface area (Å²) < 4.78 is 0. The molecule has 0 saturated heterocycles. The molecule has 1 heterocycles. The Labute approximate surface area is 140 Å². The van der Waals surface area contributed by atoms with Gasteiger partial charge in [-0.2, -0.15) is 0 Å². The van der Waals surface area contributed by atoms with E-state index in [2.05, 4.69) is 10.6 Å². The molecule has 0 bridgehead atoms. The minimum Gasteiger partial charge on any atom is -0.345 e. The molecule has 2 N–H and O–H groups in total. The highest BCUT2D eigenvalue weighted by Gasteiger charge is 2.17. The molecule has 2 rings (SSSR count). The number of nitrogens with one attached hydrogen (secondary N) is 2. The highest BCUT2D eigenvalue weighted by Crippen LogP contribution is 2.24. The first-order valence-electron chi connectivity index (χ1n) is 7.85. The van der Waals surface area contributed by atoms with Gasteiger partial charge in [-0.3, -0.25) is 9.59 Å². The number of thiophene rings is 1. The standard InChI is InChI=1S/C18H22N2O2S/c1-3-4-10-16(21)20-18-15(11-12-23-18)17(22)19-13(2)14-8-6-5-7-9-14/h5-9,11-13H,3-4,10H2,1-2H3,(H,19,22)(H,20,21)/t13-/m1/s1. The molecule has 1 atom stereocenters. The van der Waals surface area contributed by atoms with Crippen LogP contribution in [0.15, 0.2) is 41.8 Å². The average molecular weight is 330 g/mol. The van der Waals surface area contributed by atoms with Gasteiger partial charge in [-0.1, -0.05) is 43.7 Å². The Morgan fingerprint density at radius 3 is 2.61 bits per heavy atom. The Hall–Kier alpha value is -2.14. The van der Waals surface area contributed by atoms with Crippen molar-refractivity contribution in [3.05, 3.63) is 52.9 Å². The lowest BCUT2D eigenvalue weighted by molar-refractivity contribution is -0.116. The van der Waals surface area contributed by atoms with E-state index in [1.807, 2.05) is 49.6 Å². The zero-order valence-electron chi connectivity index (χ0n) is 13.5. The molecule has 0 aliphatic carbocycles. The first-order valence-corrected chi connectivity index (χ1v) is 8.73. The quantitative estimate of drug-likeness (QED) is 0.792. The molecular formula is C18H22N2O2S. The highest BCUT2D eigenvalue weighted by molar-refractivity contribution is 7.14. The predicted molar refractivity (Wildman–Crippen MR) is 94.8 cm³/mol. The van der Waals surface area contributed by atoms with Crippen molar-refractivity contribution in [2.75, 3.05) is 5.32 Å². The zero-order chi connectivity index (χ0) is 16.7. The van der Waals surface area contributed by atoms with E-state index in [1.54, 1.807) is 6.07 Å². The largest absolute Gasteiger partial charge is 0.345 e. The number of carbonyl (C=O) groups is 2. The van der Waals surface area contributed by atoms with Gasteiger partial charge >= 0.3 is 0 Å². The van der Waals surface area contributed by atoms with Crippen molar-refractivity contribution in [1.82, 2.24) is 5.32 Å². The van der Waals surface area contributed by atoms with Gasteiger partial charge in [0.1, 0.15) is 5.00 Å². The second kappa shape index (κ2) is 8.48. The number of carbonyl (C=O) groups excluding carboxylic acids is 2. The van der Waals surface area contributed by atoms with Crippen molar-refractivity contribution in [1.29, 1.82) is 0 Å². The fourth-order valence-corrected chi connectivity index (χ4v) is 3.01. The highest BCUT2D eigenvalue weighted by atomic mass is 32.1. The van der Waals surface area contributed by atoms with E-state index in [4.69, 9.17) is 0 Å². The van der Waals surface area contributed by atoms with Crippen LogP contribution in [0.4, 0.5) is 5.00 Å². The Morgan fingerprint density at radius 1 is 1.17 bits per heavy atom. The van der Waals surface area contributed by atoms with Gasteiger partial charge in [-0.25, -0.2) is 0 Å². The van der Waals surface area contributed by atoms with Gasteiger partial charge in [0.05, 0.1) is 11.6 Å². The molecule has 0 unspecified atom stereocenters. The average Bonchev–Trinajstić information content (AvgIpc) is 3.01. The van der Waals surface area contributed by atoms with Crippen LogP contribution in [0.25, 0.3) is 0 Å². The van der Waals surface area contributed by atoms with Gasteiger partial charge in [0.15, 0.2) is 0 Å². The number of hydrogen-bond donors (Lipinski definition) is 2. The Morgan fingerprint density at radius 2 is 1.91 bits per heavy atom. The molecule has 5 heteroatoms. The van der Waals surface area contributed by atoms with Crippen molar-refractivity contribution in [3.8, 4) is 0 Å². The lowest BCUT2D eigenvalue weighted by atomic mass is 10.1. The van der Waals surface area contributed by atoms with E-state index in [9.17, 15) is 9.59 Å². The van der Waals surface area contributed by atoms with E-state index in [0.29, 0.717) is 17.0 Å². The summed E-state index contributed by atoms with van der Waals surface area (Å²) in [4.78, 5) is 24.3. The van der Waals surface area contributed by atoms with Crippen molar-refractivity contribution in [2.24, 2.45) is 0 Å². The lowest BCUT2D eigenvalue weighted by Crippen LogP contribution is -2.27. The molecule has 1 aromatic carbocycles. The third-order valence-corrected chi connectivity index (χ3v) is 4.40. The van der Waals surface area contributed by atoms with Crippen molar-refractivity contribution in [3.63, 3.8) is 0 Å². The fraction of sp³-hybridized carbons (Fsp3) is 0.333. The molecule has 2 amide bonds. The summed E-state index contributed by atoms with van der Waals surface area (Å²) >= 11 is 1.37. The summed E-state index contributed by atoms with van der Waals surface area (Å²) in [6.45, 7) is 3.99. The molecule has 0 spiro atoms. The van der Waals surface area contributed by atoms with Crippen molar-refractivity contribution >= 4 is 28.2 Å². The number of anilines is 1. The van der Waals surface area contributed by atoms with E-state index in [-0.39, 0.29) is 17.9 Å². The number of unbranched alkanes of at least 4 members (excludes halogenated alkanes) is 1. The third-order valence-electron chi connectivity index (χ3n) is 3.57. The molecule has 2 aromatic rings. The molecule has 0 radical (unpaired) electrons. The number of benzene rings is 1. The molecule has 0 aliphatic heterocycles. The Bertz CT molecular complexity index is 652. The first-order chi connectivity index (χ1) is 11.1. The Balaban J connectivity index is 2.00. The van der Waals surface area contributed by atoms with Crippen LogP contribution >= 0.6 is 11.3 Å². The van der Waals surface area contributed by atoms with Gasteiger partial charge in [0, 0.05) is 6.42 Å². The second-order valence-electron chi connectivity index (χ2n) is 5.42. The van der Waals surface area contributed by atoms with Crippen molar-refractivity contribution < 1.29 is 9.59 Å². The third kappa shape index (κ3) is 4.93. The summed E-state index contributed by atoms with van der Waals surface area (Å²) in [5, 5.41) is 8.24. The normalized spacial score (nSPS) is 11.7. The molecule has 23 heavy (non-hydrogen) atoms. The molecule has 4 nitrogen and oxygen atoms in total. The topological polar surface area (TPSA) is 58.2 Å². The van der Waals surface area contributed by atoms with Crippen LogP contribution in [0.1, 0.15) is 55.1 Å². The van der Waals surface area contributed by atoms with Crippen LogP contribution in [-0.2, 0) is 4.79 Å². The van der Waals surface area contributed by atoms with Crippen LogP contribution < -0.4 is 10.6 Å². The summed E-state index contributed by atoms with van der Waals surface area (Å²) in [5.41, 5.74) is 1.56. The summed E-state index contributed by atoms with van der Waals surface area (Å²) in [6, 6.07) is 11.4. The first kappa shape index (κ1) is 17.2. The van der Waals surface area contributed by atoms with Crippen molar-refractivity contribution in [2.45, 2.75) is 39.2 Å². The fourth-order valence-electron chi connectivity index (χ4n) is 2.21.